The van der Waals surface area contributed by atoms with Crippen LogP contribution in [0.3, 0.4) is 0 Å². The van der Waals surface area contributed by atoms with E-state index in [1.54, 1.807) is 12.3 Å². The van der Waals surface area contributed by atoms with Crippen LogP contribution in [0.2, 0.25) is 0 Å². The minimum Gasteiger partial charge on any atom is -0.504 e. The van der Waals surface area contributed by atoms with Gasteiger partial charge >= 0.3 is 0 Å². The second kappa shape index (κ2) is 6.88. The van der Waals surface area contributed by atoms with Crippen molar-refractivity contribution in [1.82, 2.24) is 9.97 Å². The normalized spacial score (nSPS) is 11.8. The van der Waals surface area contributed by atoms with Crippen LogP contribution in [0.5, 0.6) is 23.1 Å². The fourth-order valence-corrected chi connectivity index (χ4v) is 2.99. The number of anilines is 2. The molecule has 0 bridgehead atoms. The molecule has 7 nitrogen and oxygen atoms in total. The zero-order chi connectivity index (χ0) is 19.0. The van der Waals surface area contributed by atoms with Gasteiger partial charge in [-0.05, 0) is 30.7 Å². The van der Waals surface area contributed by atoms with E-state index in [4.69, 9.17) is 9.47 Å². The maximum Gasteiger partial charge on any atom is 0.250 e. The van der Waals surface area contributed by atoms with Crippen molar-refractivity contribution in [3.8, 4) is 23.1 Å². The number of phenolic OH excluding ortho intramolecular Hbond substituents is 1. The number of aliphatic imine (C=N–C) groups is 1. The maximum atomic E-state index is 9.99. The van der Waals surface area contributed by atoms with Crippen molar-refractivity contribution < 1.29 is 14.6 Å². The first-order chi connectivity index (χ1) is 13.0. The van der Waals surface area contributed by atoms with Crippen LogP contribution in [0.25, 0.3) is 0 Å². The van der Waals surface area contributed by atoms with Crippen molar-refractivity contribution in [2.75, 3.05) is 12.4 Å². The molecule has 1 aromatic heterocycles. The van der Waals surface area contributed by atoms with E-state index in [2.05, 4.69) is 36.2 Å². The van der Waals surface area contributed by atoms with Crippen LogP contribution in [-0.4, -0.2) is 28.4 Å². The predicted molar refractivity (Wildman–Crippen MR) is 106 cm³/mol. The van der Waals surface area contributed by atoms with Gasteiger partial charge in [0.15, 0.2) is 23.0 Å². The Kier molecular flexibility index (Phi) is 4.41. The molecule has 0 fully saturated rings. The first-order valence-corrected chi connectivity index (χ1v) is 8.85. The van der Waals surface area contributed by atoms with Crippen molar-refractivity contribution >= 4 is 39.3 Å². The van der Waals surface area contributed by atoms with E-state index in [-0.39, 0.29) is 5.75 Å². The SMILES string of the molecule is COc1cc2c(cc1O)C=Nc1c(Nc3ccc(C)c(Br)c3)ncnc1O2. The van der Waals surface area contributed by atoms with Gasteiger partial charge in [0.25, 0.3) is 5.88 Å². The Labute approximate surface area is 163 Å². The summed E-state index contributed by atoms with van der Waals surface area (Å²) in [4.78, 5) is 12.9. The van der Waals surface area contributed by atoms with E-state index in [9.17, 15) is 5.11 Å². The number of hydrogen-bond donors (Lipinski definition) is 2. The van der Waals surface area contributed by atoms with Crippen LogP contribution in [0, 0.1) is 6.92 Å². The summed E-state index contributed by atoms with van der Waals surface area (Å²) in [5.74, 6) is 1.61. The summed E-state index contributed by atoms with van der Waals surface area (Å²) in [5, 5.41) is 13.2. The standard InChI is InChI=1S/C19H15BrN4O3/c1-10-3-4-12(6-13(10)20)24-18-17-19(23-9-22-18)27-15-7-16(26-2)14(25)5-11(15)8-21-17/h3-9,25H,1-2H3,(H,22,23,24). The molecule has 3 aromatic rings. The molecule has 0 atom stereocenters. The van der Waals surface area contributed by atoms with Crippen LogP contribution >= 0.6 is 15.9 Å². The number of hydrogen-bond acceptors (Lipinski definition) is 7. The Morgan fingerprint density at radius 1 is 1.19 bits per heavy atom. The molecule has 0 spiro atoms. The average Bonchev–Trinajstić information content (AvgIpc) is 2.83. The van der Waals surface area contributed by atoms with Crippen molar-refractivity contribution in [3.63, 3.8) is 0 Å². The number of aromatic nitrogens is 2. The molecule has 136 valence electrons. The molecule has 0 unspecified atom stereocenters. The molecule has 2 aromatic carbocycles. The number of methoxy groups -OCH3 is 1. The lowest BCUT2D eigenvalue weighted by Gasteiger charge is -2.12. The monoisotopic (exact) mass is 426 g/mol. The Morgan fingerprint density at radius 2 is 2.04 bits per heavy atom. The first kappa shape index (κ1) is 17.3. The zero-order valence-electron chi connectivity index (χ0n) is 14.5. The molecule has 2 N–H and O–H groups in total. The van der Waals surface area contributed by atoms with Crippen LogP contribution in [0.15, 0.2) is 46.1 Å². The molecule has 0 radical (unpaired) electrons. The van der Waals surface area contributed by atoms with Gasteiger partial charge in [-0.1, -0.05) is 22.0 Å². The van der Waals surface area contributed by atoms with Crippen molar-refractivity contribution in [3.05, 3.63) is 52.3 Å². The van der Waals surface area contributed by atoms with Crippen LogP contribution in [0.4, 0.5) is 17.2 Å². The van der Waals surface area contributed by atoms with E-state index in [0.717, 1.165) is 15.7 Å². The Morgan fingerprint density at radius 3 is 2.81 bits per heavy atom. The summed E-state index contributed by atoms with van der Waals surface area (Å²) in [6.07, 6.45) is 3.00. The van der Waals surface area contributed by atoms with Crippen molar-refractivity contribution in [2.24, 2.45) is 4.99 Å². The lowest BCUT2D eigenvalue weighted by molar-refractivity contribution is 0.369. The summed E-state index contributed by atoms with van der Waals surface area (Å²) in [5.41, 5.74) is 3.05. The van der Waals surface area contributed by atoms with Crippen molar-refractivity contribution in [2.45, 2.75) is 6.92 Å². The summed E-state index contributed by atoms with van der Waals surface area (Å²) < 4.78 is 12.0. The third-order valence-corrected chi connectivity index (χ3v) is 4.93. The highest BCUT2D eigenvalue weighted by molar-refractivity contribution is 9.10. The van der Waals surface area contributed by atoms with Gasteiger partial charge in [-0.2, -0.15) is 4.98 Å². The van der Waals surface area contributed by atoms with Gasteiger partial charge in [-0.15, -0.1) is 0 Å². The maximum absolute atomic E-state index is 9.99. The van der Waals surface area contributed by atoms with Gasteiger partial charge in [0.2, 0.25) is 0 Å². The average molecular weight is 427 g/mol. The Hall–Kier alpha value is -3.13. The van der Waals surface area contributed by atoms with Gasteiger partial charge in [0.05, 0.1) is 7.11 Å². The van der Waals surface area contributed by atoms with Crippen LogP contribution in [0.1, 0.15) is 11.1 Å². The molecule has 4 rings (SSSR count). The minimum absolute atomic E-state index is 0.00574. The number of aryl methyl sites for hydroxylation is 1. The number of benzene rings is 2. The smallest absolute Gasteiger partial charge is 0.250 e. The van der Waals surface area contributed by atoms with Gasteiger partial charge in [-0.3, -0.25) is 0 Å². The molecule has 0 saturated heterocycles. The predicted octanol–water partition coefficient (Wildman–Crippen LogP) is 4.86. The molecule has 0 saturated carbocycles. The van der Waals surface area contributed by atoms with Gasteiger partial charge in [-0.25, -0.2) is 9.98 Å². The lowest BCUT2D eigenvalue weighted by atomic mass is 10.2. The van der Waals surface area contributed by atoms with Crippen LogP contribution < -0.4 is 14.8 Å². The second-order valence-corrected chi connectivity index (χ2v) is 6.74. The topological polar surface area (TPSA) is 88.9 Å². The molecule has 27 heavy (non-hydrogen) atoms. The second-order valence-electron chi connectivity index (χ2n) is 5.89. The molecular weight excluding hydrogens is 412 g/mol. The number of halogens is 1. The van der Waals surface area contributed by atoms with E-state index < -0.39 is 0 Å². The third kappa shape index (κ3) is 3.31. The number of rotatable bonds is 3. The third-order valence-electron chi connectivity index (χ3n) is 4.07. The van der Waals surface area contributed by atoms with E-state index in [1.807, 2.05) is 25.1 Å². The fourth-order valence-electron chi connectivity index (χ4n) is 2.61. The first-order valence-electron chi connectivity index (χ1n) is 8.06. The molecule has 0 aliphatic carbocycles. The van der Waals surface area contributed by atoms with E-state index >= 15 is 0 Å². The highest BCUT2D eigenvalue weighted by Gasteiger charge is 2.19. The zero-order valence-corrected chi connectivity index (χ0v) is 16.1. The summed E-state index contributed by atoms with van der Waals surface area (Å²) >= 11 is 3.52. The molecular formula is C19H15BrN4O3. The fraction of sp³-hybridized carbons (Fsp3) is 0.105. The molecule has 2 heterocycles. The van der Waals surface area contributed by atoms with Crippen LogP contribution in [-0.2, 0) is 0 Å². The highest BCUT2D eigenvalue weighted by Crippen LogP contribution is 2.42. The van der Waals surface area contributed by atoms with Gasteiger partial charge in [0.1, 0.15) is 12.1 Å². The largest absolute Gasteiger partial charge is 0.504 e. The molecule has 1 aliphatic rings. The number of phenols is 1. The molecule has 0 amide bonds. The number of fused-ring (bicyclic) bond motifs is 2. The summed E-state index contributed by atoms with van der Waals surface area (Å²) in [7, 11) is 1.48. The summed E-state index contributed by atoms with van der Waals surface area (Å²) in [6.45, 7) is 2.02. The quantitative estimate of drug-likeness (QED) is 0.486. The molecule has 8 heteroatoms. The molecule has 1 aliphatic heterocycles. The Bertz CT molecular complexity index is 1070. The van der Waals surface area contributed by atoms with E-state index in [1.165, 1.54) is 19.5 Å². The van der Waals surface area contributed by atoms with Gasteiger partial charge < -0.3 is 19.9 Å². The summed E-state index contributed by atoms with van der Waals surface area (Å²) in [6, 6.07) is 9.03. The Balaban J connectivity index is 1.74. The minimum atomic E-state index is 0.00574. The number of ether oxygens (including phenoxy) is 2. The van der Waals surface area contributed by atoms with Gasteiger partial charge in [0, 0.05) is 28.0 Å². The number of aromatic hydroxyl groups is 1. The number of nitrogens with zero attached hydrogens (tertiary/aromatic N) is 3. The van der Waals surface area contributed by atoms with Crippen molar-refractivity contribution in [1.29, 1.82) is 0 Å². The number of nitrogens with one attached hydrogen (secondary N) is 1. The lowest BCUT2D eigenvalue weighted by Crippen LogP contribution is -1.97. The van der Waals surface area contributed by atoms with E-state index in [0.29, 0.717) is 34.4 Å². The highest BCUT2D eigenvalue weighted by atomic mass is 79.9.